The van der Waals surface area contributed by atoms with Gasteiger partial charge < -0.3 is 5.11 Å². The van der Waals surface area contributed by atoms with E-state index in [-0.39, 0.29) is 0 Å². The third-order valence-electron chi connectivity index (χ3n) is 3.43. The average Bonchev–Trinajstić information content (AvgIpc) is 2.34. The Morgan fingerprint density at radius 1 is 1.10 bits per heavy atom. The molecule has 0 aliphatic heterocycles. The summed E-state index contributed by atoms with van der Waals surface area (Å²) in [5.74, 6) is 2.59. The summed E-state index contributed by atoms with van der Waals surface area (Å²) in [5.41, 5.74) is 0. The Labute approximate surface area is 62.4 Å². The summed E-state index contributed by atoms with van der Waals surface area (Å²) in [6.45, 7) is 0.442. The molecule has 0 radical (unpaired) electrons. The molecular formula is C9H16O. The van der Waals surface area contributed by atoms with Crippen molar-refractivity contribution in [1.29, 1.82) is 0 Å². The van der Waals surface area contributed by atoms with Gasteiger partial charge in [-0.05, 0) is 37.0 Å². The standard InChI is InChI=1S/C9H16O/c10-6-9-4-2-7-1-3-8(9)5-7/h7-10H,1-6H2/t7-,8-,9-/m1/s1. The zero-order valence-corrected chi connectivity index (χ0v) is 6.42. The van der Waals surface area contributed by atoms with E-state index in [1.807, 2.05) is 0 Å². The monoisotopic (exact) mass is 140 g/mol. The fraction of sp³-hybridized carbons (Fsp3) is 1.00. The van der Waals surface area contributed by atoms with E-state index in [1.165, 1.54) is 32.1 Å². The molecule has 0 saturated heterocycles. The largest absolute Gasteiger partial charge is 0.396 e. The summed E-state index contributed by atoms with van der Waals surface area (Å²) >= 11 is 0. The van der Waals surface area contributed by atoms with Crippen molar-refractivity contribution < 1.29 is 5.11 Å². The summed E-state index contributed by atoms with van der Waals surface area (Å²) in [6.07, 6.45) is 6.95. The molecule has 0 spiro atoms. The zero-order valence-electron chi connectivity index (χ0n) is 6.42. The van der Waals surface area contributed by atoms with Gasteiger partial charge >= 0.3 is 0 Å². The Kier molecular flexibility index (Phi) is 1.69. The molecule has 0 aromatic carbocycles. The lowest BCUT2D eigenvalue weighted by atomic mass is 9.80. The molecule has 0 amide bonds. The smallest absolute Gasteiger partial charge is 0.0461 e. The van der Waals surface area contributed by atoms with E-state index in [9.17, 15) is 0 Å². The Morgan fingerprint density at radius 3 is 2.70 bits per heavy atom. The molecule has 0 aromatic rings. The fourth-order valence-corrected chi connectivity index (χ4v) is 2.73. The molecule has 10 heavy (non-hydrogen) atoms. The van der Waals surface area contributed by atoms with Gasteiger partial charge in [0, 0.05) is 6.61 Å². The molecule has 2 rings (SSSR count). The van der Waals surface area contributed by atoms with Crippen LogP contribution < -0.4 is 0 Å². The van der Waals surface area contributed by atoms with Gasteiger partial charge in [-0.2, -0.15) is 0 Å². The van der Waals surface area contributed by atoms with Crippen LogP contribution >= 0.6 is 0 Å². The van der Waals surface area contributed by atoms with E-state index in [1.54, 1.807) is 0 Å². The minimum absolute atomic E-state index is 0.442. The van der Waals surface area contributed by atoms with E-state index in [2.05, 4.69) is 0 Å². The van der Waals surface area contributed by atoms with Crippen molar-refractivity contribution in [3.05, 3.63) is 0 Å². The fourth-order valence-electron chi connectivity index (χ4n) is 2.73. The van der Waals surface area contributed by atoms with Crippen LogP contribution in [0.2, 0.25) is 0 Å². The Hall–Kier alpha value is -0.0400. The van der Waals surface area contributed by atoms with E-state index in [4.69, 9.17) is 5.11 Å². The predicted octanol–water partition coefficient (Wildman–Crippen LogP) is 1.80. The minimum Gasteiger partial charge on any atom is -0.396 e. The quantitative estimate of drug-likeness (QED) is 0.589. The molecule has 1 nitrogen and oxygen atoms in total. The Morgan fingerprint density at radius 2 is 1.90 bits per heavy atom. The second-order valence-corrected chi connectivity index (χ2v) is 3.96. The number of hydrogen-bond acceptors (Lipinski definition) is 1. The van der Waals surface area contributed by atoms with Crippen LogP contribution in [-0.2, 0) is 0 Å². The number of hydrogen-bond donors (Lipinski definition) is 1. The van der Waals surface area contributed by atoms with Crippen LogP contribution in [0.25, 0.3) is 0 Å². The third kappa shape index (κ3) is 0.968. The SMILES string of the molecule is OC[C@H]1CC[C@H]2CC[C@@H]1C2. The lowest BCUT2D eigenvalue weighted by Gasteiger charge is -2.26. The molecule has 0 aromatic heterocycles. The van der Waals surface area contributed by atoms with Crippen LogP contribution in [0, 0.1) is 17.8 Å². The van der Waals surface area contributed by atoms with E-state index >= 15 is 0 Å². The summed E-state index contributed by atoms with van der Waals surface area (Å²) in [7, 11) is 0. The topological polar surface area (TPSA) is 20.2 Å². The van der Waals surface area contributed by atoms with Crippen molar-refractivity contribution >= 4 is 0 Å². The number of aliphatic hydroxyl groups is 1. The van der Waals surface area contributed by atoms with Crippen LogP contribution in [0.3, 0.4) is 0 Å². The number of fused-ring (bicyclic) bond motifs is 2. The van der Waals surface area contributed by atoms with Gasteiger partial charge in [-0.15, -0.1) is 0 Å². The van der Waals surface area contributed by atoms with Gasteiger partial charge in [-0.25, -0.2) is 0 Å². The van der Waals surface area contributed by atoms with Crippen LogP contribution in [0.4, 0.5) is 0 Å². The van der Waals surface area contributed by atoms with Crippen LogP contribution in [-0.4, -0.2) is 11.7 Å². The molecule has 1 heteroatoms. The first-order valence-corrected chi connectivity index (χ1v) is 4.51. The van der Waals surface area contributed by atoms with Crippen LogP contribution in [0.1, 0.15) is 32.1 Å². The lowest BCUT2D eigenvalue weighted by Crippen LogP contribution is -2.20. The van der Waals surface area contributed by atoms with E-state index in [0.717, 1.165) is 11.8 Å². The molecule has 1 N–H and O–H groups in total. The Bertz CT molecular complexity index is 122. The number of aliphatic hydroxyl groups excluding tert-OH is 1. The summed E-state index contributed by atoms with van der Waals surface area (Å²) in [5, 5.41) is 9.01. The van der Waals surface area contributed by atoms with Gasteiger partial charge in [0.1, 0.15) is 0 Å². The maximum absolute atomic E-state index is 9.01. The van der Waals surface area contributed by atoms with Crippen LogP contribution in [0.15, 0.2) is 0 Å². The second-order valence-electron chi connectivity index (χ2n) is 3.96. The first-order valence-electron chi connectivity index (χ1n) is 4.51. The predicted molar refractivity (Wildman–Crippen MR) is 40.6 cm³/mol. The highest BCUT2D eigenvalue weighted by atomic mass is 16.3. The summed E-state index contributed by atoms with van der Waals surface area (Å²) < 4.78 is 0. The molecule has 2 bridgehead atoms. The van der Waals surface area contributed by atoms with Crippen molar-refractivity contribution in [2.45, 2.75) is 32.1 Å². The number of rotatable bonds is 1. The average molecular weight is 140 g/mol. The first kappa shape index (κ1) is 6.66. The molecular weight excluding hydrogens is 124 g/mol. The van der Waals surface area contributed by atoms with Crippen molar-refractivity contribution in [3.8, 4) is 0 Å². The highest BCUT2D eigenvalue weighted by Crippen LogP contribution is 2.44. The van der Waals surface area contributed by atoms with Crippen molar-refractivity contribution in [2.75, 3.05) is 6.61 Å². The molecule has 3 atom stereocenters. The molecule has 2 aliphatic rings. The highest BCUT2D eigenvalue weighted by Gasteiger charge is 2.34. The normalized spacial score (nSPS) is 45.9. The lowest BCUT2D eigenvalue weighted by molar-refractivity contribution is 0.141. The van der Waals surface area contributed by atoms with Crippen molar-refractivity contribution in [1.82, 2.24) is 0 Å². The van der Waals surface area contributed by atoms with Crippen molar-refractivity contribution in [2.24, 2.45) is 17.8 Å². The van der Waals surface area contributed by atoms with E-state index < -0.39 is 0 Å². The maximum atomic E-state index is 9.01. The zero-order chi connectivity index (χ0) is 6.97. The second kappa shape index (κ2) is 2.54. The van der Waals surface area contributed by atoms with Gasteiger partial charge in [-0.1, -0.05) is 12.8 Å². The van der Waals surface area contributed by atoms with Gasteiger partial charge in [0.2, 0.25) is 0 Å². The molecule has 2 aliphatic carbocycles. The molecule has 58 valence electrons. The van der Waals surface area contributed by atoms with Gasteiger partial charge in [0.05, 0.1) is 0 Å². The maximum Gasteiger partial charge on any atom is 0.0461 e. The van der Waals surface area contributed by atoms with E-state index in [0.29, 0.717) is 12.5 Å². The molecule has 0 unspecified atom stereocenters. The van der Waals surface area contributed by atoms with Gasteiger partial charge in [0.25, 0.3) is 0 Å². The first-order chi connectivity index (χ1) is 4.90. The van der Waals surface area contributed by atoms with Crippen molar-refractivity contribution in [3.63, 3.8) is 0 Å². The minimum atomic E-state index is 0.442. The summed E-state index contributed by atoms with van der Waals surface area (Å²) in [6, 6.07) is 0. The Balaban J connectivity index is 2.00. The highest BCUT2D eigenvalue weighted by molar-refractivity contribution is 4.85. The summed E-state index contributed by atoms with van der Waals surface area (Å²) in [4.78, 5) is 0. The van der Waals surface area contributed by atoms with Crippen LogP contribution in [0.5, 0.6) is 0 Å². The third-order valence-corrected chi connectivity index (χ3v) is 3.43. The molecule has 0 heterocycles. The molecule has 2 saturated carbocycles. The van der Waals surface area contributed by atoms with Gasteiger partial charge in [-0.3, -0.25) is 0 Å². The molecule has 2 fully saturated rings. The van der Waals surface area contributed by atoms with Gasteiger partial charge in [0.15, 0.2) is 0 Å².